The largest absolute Gasteiger partial charge is 0.480 e. The van der Waals surface area contributed by atoms with Gasteiger partial charge < -0.3 is 58.7 Å². The average Bonchev–Trinajstić information content (AvgIpc) is 3.07. The lowest BCUT2D eigenvalue weighted by Crippen LogP contribution is -2.60. The highest BCUT2D eigenvalue weighted by Gasteiger charge is 2.32. The third kappa shape index (κ3) is 15.4. The first-order valence-corrected chi connectivity index (χ1v) is 15.9. The minimum absolute atomic E-state index is 0.00753. The van der Waals surface area contributed by atoms with Crippen LogP contribution in [-0.4, -0.2) is 119 Å². The minimum Gasteiger partial charge on any atom is -0.480 e. The van der Waals surface area contributed by atoms with E-state index in [9.17, 15) is 43.8 Å². The monoisotopic (exact) mass is 694 g/mol. The minimum atomic E-state index is -1.55. The molecule has 0 aliphatic rings. The van der Waals surface area contributed by atoms with Crippen molar-refractivity contribution in [3.05, 3.63) is 35.9 Å². The standard InChI is InChI=1S/C31H50N8O10/c1-17(2)25(39-24(42)14-34-27(44)20(33)15-40)30(47)36-21(11-7-8-12-32)28(45)38-23(16-41)29(46)35-18(3)26(43)37-22(31(48)49)13-19-9-5-4-6-10-19/h4-6,9-10,17-18,20-23,25,40-41H,7-8,11-16,32-33H2,1-3H3,(H,34,44)(H,35,46)(H,36,47)(H,37,43)(H,38,45)(H,39,42)(H,48,49)/t18-,20-,21-,22-,23-,25-/m0/s1. The molecule has 1 rings (SSSR count). The van der Waals surface area contributed by atoms with Crippen molar-refractivity contribution in [1.82, 2.24) is 31.9 Å². The van der Waals surface area contributed by atoms with Crippen molar-refractivity contribution in [1.29, 1.82) is 0 Å². The predicted octanol–water partition coefficient (Wildman–Crippen LogP) is -4.03. The van der Waals surface area contributed by atoms with Crippen molar-refractivity contribution in [2.75, 3.05) is 26.3 Å². The molecule has 0 heterocycles. The van der Waals surface area contributed by atoms with Gasteiger partial charge in [-0.1, -0.05) is 44.2 Å². The van der Waals surface area contributed by atoms with Crippen LogP contribution in [0.3, 0.4) is 0 Å². The number of hydrogen-bond acceptors (Lipinski definition) is 11. The summed E-state index contributed by atoms with van der Waals surface area (Å²) in [6, 6.07) is 0.909. The third-order valence-corrected chi connectivity index (χ3v) is 7.27. The Bertz CT molecular complexity index is 1270. The second kappa shape index (κ2) is 22.1. The molecule has 0 unspecified atom stereocenters. The lowest BCUT2D eigenvalue weighted by atomic mass is 10.0. The van der Waals surface area contributed by atoms with Crippen LogP contribution in [-0.2, 0) is 40.0 Å². The number of nitrogens with two attached hydrogens (primary N) is 2. The molecule has 0 bridgehead atoms. The van der Waals surface area contributed by atoms with E-state index in [0.717, 1.165) is 0 Å². The number of aliphatic hydroxyl groups excluding tert-OH is 2. The van der Waals surface area contributed by atoms with Crippen molar-refractivity contribution >= 4 is 41.4 Å². The SMILES string of the molecule is CC(C)[C@H](NC(=O)CNC(=O)[C@@H](N)CO)C(=O)N[C@@H](CCCCN)C(=O)N[C@@H](CO)C(=O)N[C@@H](C)C(=O)N[C@@H](Cc1ccccc1)C(=O)O. The van der Waals surface area contributed by atoms with Crippen molar-refractivity contribution in [3.8, 4) is 0 Å². The molecule has 274 valence electrons. The second-order valence-electron chi connectivity index (χ2n) is 11.7. The van der Waals surface area contributed by atoms with E-state index in [-0.39, 0.29) is 12.8 Å². The smallest absolute Gasteiger partial charge is 0.326 e. The summed E-state index contributed by atoms with van der Waals surface area (Å²) in [7, 11) is 0. The number of rotatable bonds is 22. The summed E-state index contributed by atoms with van der Waals surface area (Å²) in [5.41, 5.74) is 11.6. The van der Waals surface area contributed by atoms with Crippen LogP contribution in [0.4, 0.5) is 0 Å². The molecule has 0 fully saturated rings. The Morgan fingerprint density at radius 3 is 1.86 bits per heavy atom. The molecule has 13 N–H and O–H groups in total. The van der Waals surface area contributed by atoms with Gasteiger partial charge in [-0.3, -0.25) is 28.8 Å². The van der Waals surface area contributed by atoms with Gasteiger partial charge in [-0.05, 0) is 44.2 Å². The molecule has 1 aromatic carbocycles. The molecule has 6 amide bonds. The number of unbranched alkanes of at least 4 members (excludes halogenated alkanes) is 1. The van der Waals surface area contributed by atoms with Crippen LogP contribution in [0, 0.1) is 5.92 Å². The van der Waals surface area contributed by atoms with Crippen LogP contribution in [0.5, 0.6) is 0 Å². The molecule has 18 nitrogen and oxygen atoms in total. The van der Waals surface area contributed by atoms with Gasteiger partial charge in [-0.15, -0.1) is 0 Å². The molecule has 49 heavy (non-hydrogen) atoms. The first kappa shape index (κ1) is 42.4. The third-order valence-electron chi connectivity index (χ3n) is 7.27. The maximum absolute atomic E-state index is 13.3. The van der Waals surface area contributed by atoms with Crippen molar-refractivity contribution in [2.24, 2.45) is 17.4 Å². The van der Waals surface area contributed by atoms with Crippen LogP contribution in [0.25, 0.3) is 0 Å². The Labute approximate surface area is 284 Å². The number of aliphatic hydroxyl groups is 2. The van der Waals surface area contributed by atoms with Gasteiger partial charge in [0.15, 0.2) is 0 Å². The maximum Gasteiger partial charge on any atom is 0.326 e. The Morgan fingerprint density at radius 1 is 0.714 bits per heavy atom. The number of carbonyl (C=O) groups is 7. The topological polar surface area (TPSA) is 304 Å². The molecule has 0 saturated carbocycles. The van der Waals surface area contributed by atoms with Crippen LogP contribution in [0.2, 0.25) is 0 Å². The fourth-order valence-electron chi connectivity index (χ4n) is 4.36. The van der Waals surface area contributed by atoms with Crippen molar-refractivity contribution in [2.45, 2.75) is 82.7 Å². The highest BCUT2D eigenvalue weighted by molar-refractivity contribution is 5.96. The molecule has 0 aromatic heterocycles. The Morgan fingerprint density at radius 2 is 1.31 bits per heavy atom. The average molecular weight is 695 g/mol. The summed E-state index contributed by atoms with van der Waals surface area (Å²) in [6.45, 7) is 2.83. The molecule has 6 atom stereocenters. The first-order chi connectivity index (χ1) is 23.1. The lowest BCUT2D eigenvalue weighted by molar-refractivity contribution is -0.142. The Balaban J connectivity index is 2.92. The summed E-state index contributed by atoms with van der Waals surface area (Å²) < 4.78 is 0. The number of carboxylic acid groups (broad SMARTS) is 1. The molecule has 0 spiro atoms. The number of nitrogens with one attached hydrogen (secondary N) is 6. The van der Waals surface area contributed by atoms with Crippen LogP contribution in [0.1, 0.15) is 45.6 Å². The van der Waals surface area contributed by atoms with Gasteiger partial charge in [-0.25, -0.2) is 4.79 Å². The van der Waals surface area contributed by atoms with Gasteiger partial charge >= 0.3 is 5.97 Å². The zero-order valence-corrected chi connectivity index (χ0v) is 27.9. The normalized spacial score (nSPS) is 14.6. The summed E-state index contributed by atoms with van der Waals surface area (Å²) in [4.78, 5) is 88.2. The lowest BCUT2D eigenvalue weighted by Gasteiger charge is -2.27. The molecule has 18 heteroatoms. The van der Waals surface area contributed by atoms with Gasteiger partial charge in [0.2, 0.25) is 35.4 Å². The number of aliphatic carboxylic acids is 1. The van der Waals surface area contributed by atoms with E-state index in [0.29, 0.717) is 24.9 Å². The summed E-state index contributed by atoms with van der Waals surface area (Å²) >= 11 is 0. The van der Waals surface area contributed by atoms with E-state index in [4.69, 9.17) is 16.6 Å². The second-order valence-corrected chi connectivity index (χ2v) is 11.7. The fourth-order valence-corrected chi connectivity index (χ4v) is 4.36. The van der Waals surface area contributed by atoms with E-state index < -0.39 is 103 Å². The maximum atomic E-state index is 13.3. The van der Waals surface area contributed by atoms with E-state index in [1.165, 1.54) is 6.92 Å². The zero-order chi connectivity index (χ0) is 37.1. The van der Waals surface area contributed by atoms with Crippen LogP contribution >= 0.6 is 0 Å². The summed E-state index contributed by atoms with van der Waals surface area (Å²) in [6.07, 6.45) is 0.967. The first-order valence-electron chi connectivity index (χ1n) is 15.9. The molecule has 0 saturated heterocycles. The summed E-state index contributed by atoms with van der Waals surface area (Å²) in [5.74, 6) is -6.61. The predicted molar refractivity (Wildman–Crippen MR) is 176 cm³/mol. The van der Waals surface area contributed by atoms with E-state index >= 15 is 0 Å². The number of amides is 6. The quantitative estimate of drug-likeness (QED) is 0.0517. The Hall–Kier alpha value is -4.65. The van der Waals surface area contributed by atoms with Gasteiger partial charge in [-0.2, -0.15) is 0 Å². The van der Waals surface area contributed by atoms with E-state index in [1.807, 2.05) is 0 Å². The van der Waals surface area contributed by atoms with Gasteiger partial charge in [0.25, 0.3) is 0 Å². The van der Waals surface area contributed by atoms with Crippen LogP contribution < -0.4 is 43.4 Å². The zero-order valence-electron chi connectivity index (χ0n) is 27.9. The van der Waals surface area contributed by atoms with E-state index in [2.05, 4.69) is 31.9 Å². The summed E-state index contributed by atoms with van der Waals surface area (Å²) in [5, 5.41) is 42.8. The van der Waals surface area contributed by atoms with Gasteiger partial charge in [0, 0.05) is 6.42 Å². The molecular formula is C31H50N8O10. The number of carbonyl (C=O) groups excluding carboxylic acids is 6. The molecule has 0 aliphatic carbocycles. The van der Waals surface area contributed by atoms with Gasteiger partial charge in [0.1, 0.15) is 36.3 Å². The Kier molecular flexibility index (Phi) is 19.1. The highest BCUT2D eigenvalue weighted by Crippen LogP contribution is 2.07. The highest BCUT2D eigenvalue weighted by atomic mass is 16.4. The van der Waals surface area contributed by atoms with Crippen molar-refractivity contribution in [3.63, 3.8) is 0 Å². The number of hydrogen-bond donors (Lipinski definition) is 11. The molecule has 0 aliphatic heterocycles. The number of carboxylic acids is 1. The van der Waals surface area contributed by atoms with E-state index in [1.54, 1.807) is 44.2 Å². The van der Waals surface area contributed by atoms with Crippen LogP contribution in [0.15, 0.2) is 30.3 Å². The molecular weight excluding hydrogens is 644 g/mol. The fraction of sp³-hybridized carbons (Fsp3) is 0.581. The molecule has 0 radical (unpaired) electrons. The van der Waals surface area contributed by atoms with Crippen molar-refractivity contribution < 1.29 is 48.9 Å². The molecule has 1 aromatic rings. The number of benzene rings is 1. The van der Waals surface area contributed by atoms with Gasteiger partial charge in [0.05, 0.1) is 19.8 Å².